The molecule has 2 aromatic heterocycles. The fourth-order valence-electron chi connectivity index (χ4n) is 2.96. The van der Waals surface area contributed by atoms with Gasteiger partial charge in [0, 0.05) is 24.7 Å². The van der Waals surface area contributed by atoms with Gasteiger partial charge >= 0.3 is 0 Å². The van der Waals surface area contributed by atoms with E-state index < -0.39 is 0 Å². The number of aromatic nitrogens is 4. The average Bonchev–Trinajstić information content (AvgIpc) is 3.29. The van der Waals surface area contributed by atoms with E-state index in [1.807, 2.05) is 42.8 Å². The first-order valence-corrected chi connectivity index (χ1v) is 11.1. The van der Waals surface area contributed by atoms with E-state index in [9.17, 15) is 4.79 Å². The molecule has 1 amide bonds. The standard InChI is InChI=1S/C21H21N5OS2/c1-4-18-24-25-21(26(18)3)28-12-19(27)22-15-8-6-14(7-9-15)20-23-16-10-5-13(2)11-17(16)29-20/h5-11H,4,12H2,1-3H3,(H,22,27). The number of benzene rings is 2. The van der Waals surface area contributed by atoms with E-state index in [-0.39, 0.29) is 11.7 Å². The van der Waals surface area contributed by atoms with Crippen molar-refractivity contribution in [3.63, 3.8) is 0 Å². The maximum Gasteiger partial charge on any atom is 0.234 e. The van der Waals surface area contributed by atoms with Crippen LogP contribution >= 0.6 is 23.1 Å². The summed E-state index contributed by atoms with van der Waals surface area (Å²) in [7, 11) is 1.92. The van der Waals surface area contributed by atoms with Gasteiger partial charge in [0.25, 0.3) is 0 Å². The number of carbonyl (C=O) groups excluding carboxylic acids is 1. The van der Waals surface area contributed by atoms with E-state index in [2.05, 4.69) is 40.6 Å². The van der Waals surface area contributed by atoms with Crippen LogP contribution in [0.1, 0.15) is 18.3 Å². The molecule has 0 spiro atoms. The van der Waals surface area contributed by atoms with Gasteiger partial charge in [-0.1, -0.05) is 24.8 Å². The van der Waals surface area contributed by atoms with E-state index in [4.69, 9.17) is 4.98 Å². The zero-order valence-corrected chi connectivity index (χ0v) is 18.1. The summed E-state index contributed by atoms with van der Waals surface area (Å²) in [5.74, 6) is 1.13. The van der Waals surface area contributed by atoms with E-state index in [0.29, 0.717) is 0 Å². The minimum atomic E-state index is -0.0701. The van der Waals surface area contributed by atoms with E-state index >= 15 is 0 Å². The third-order valence-electron chi connectivity index (χ3n) is 4.53. The predicted molar refractivity (Wildman–Crippen MR) is 120 cm³/mol. The maximum absolute atomic E-state index is 12.3. The Labute approximate surface area is 177 Å². The fourth-order valence-corrected chi connectivity index (χ4v) is 4.76. The molecule has 0 radical (unpaired) electrons. The number of fused-ring (bicyclic) bond motifs is 1. The minimum absolute atomic E-state index is 0.0701. The molecule has 4 rings (SSSR count). The number of anilines is 1. The second kappa shape index (κ2) is 8.34. The fraction of sp³-hybridized carbons (Fsp3) is 0.238. The topological polar surface area (TPSA) is 72.7 Å². The van der Waals surface area contributed by atoms with Gasteiger partial charge in [0.15, 0.2) is 5.16 Å². The number of carbonyl (C=O) groups is 1. The Hall–Kier alpha value is -2.71. The van der Waals surface area contributed by atoms with Crippen LogP contribution in [0.3, 0.4) is 0 Å². The lowest BCUT2D eigenvalue weighted by atomic mass is 10.2. The van der Waals surface area contributed by atoms with Crippen LogP contribution in [0.2, 0.25) is 0 Å². The van der Waals surface area contributed by atoms with E-state index in [1.54, 1.807) is 11.3 Å². The summed E-state index contributed by atoms with van der Waals surface area (Å²) in [5, 5.41) is 12.9. The summed E-state index contributed by atoms with van der Waals surface area (Å²) in [6, 6.07) is 14.1. The number of thiazole rings is 1. The monoisotopic (exact) mass is 423 g/mol. The highest BCUT2D eigenvalue weighted by molar-refractivity contribution is 7.99. The number of hydrogen-bond donors (Lipinski definition) is 1. The molecule has 2 aromatic carbocycles. The molecule has 148 valence electrons. The second-order valence-corrected chi connectivity index (χ2v) is 8.69. The molecular formula is C21H21N5OS2. The molecular weight excluding hydrogens is 402 g/mol. The van der Waals surface area contributed by atoms with Crippen LogP contribution in [0.25, 0.3) is 20.8 Å². The molecule has 0 bridgehead atoms. The summed E-state index contributed by atoms with van der Waals surface area (Å²) >= 11 is 3.06. The van der Waals surface area contributed by atoms with Crippen LogP contribution in [0.5, 0.6) is 0 Å². The summed E-state index contributed by atoms with van der Waals surface area (Å²) in [6.45, 7) is 4.12. The summed E-state index contributed by atoms with van der Waals surface area (Å²) in [5.41, 5.74) is 4.06. The van der Waals surface area contributed by atoms with Crippen molar-refractivity contribution in [2.24, 2.45) is 7.05 Å². The molecule has 0 aliphatic heterocycles. The second-order valence-electron chi connectivity index (χ2n) is 6.72. The maximum atomic E-state index is 12.3. The average molecular weight is 424 g/mol. The molecule has 8 heteroatoms. The number of amides is 1. The highest BCUT2D eigenvalue weighted by atomic mass is 32.2. The first-order chi connectivity index (χ1) is 14.0. The lowest BCUT2D eigenvalue weighted by Gasteiger charge is -2.06. The van der Waals surface area contributed by atoms with Crippen molar-refractivity contribution in [3.05, 3.63) is 53.9 Å². The van der Waals surface area contributed by atoms with Crippen LogP contribution in [-0.4, -0.2) is 31.4 Å². The smallest absolute Gasteiger partial charge is 0.234 e. The van der Waals surface area contributed by atoms with Gasteiger partial charge in [-0.05, 0) is 48.9 Å². The summed E-state index contributed by atoms with van der Waals surface area (Å²) in [4.78, 5) is 17.0. The van der Waals surface area contributed by atoms with Gasteiger partial charge in [0.05, 0.1) is 16.0 Å². The van der Waals surface area contributed by atoms with Crippen molar-refractivity contribution >= 4 is 44.9 Å². The molecule has 0 saturated heterocycles. The van der Waals surface area contributed by atoms with Crippen LogP contribution < -0.4 is 5.32 Å². The number of rotatable bonds is 6. The quantitative estimate of drug-likeness (QED) is 0.455. The third kappa shape index (κ3) is 4.33. The van der Waals surface area contributed by atoms with E-state index in [1.165, 1.54) is 22.0 Å². The number of aryl methyl sites for hydroxylation is 2. The Morgan fingerprint density at radius 3 is 2.69 bits per heavy atom. The van der Waals surface area contributed by atoms with Gasteiger partial charge < -0.3 is 9.88 Å². The van der Waals surface area contributed by atoms with Gasteiger partial charge in [-0.3, -0.25) is 4.79 Å². The molecule has 0 unspecified atom stereocenters. The van der Waals surface area contributed by atoms with Crippen molar-refractivity contribution in [2.45, 2.75) is 25.4 Å². The highest BCUT2D eigenvalue weighted by Gasteiger charge is 2.11. The molecule has 0 aliphatic carbocycles. The van der Waals surface area contributed by atoms with Crippen molar-refractivity contribution in [1.29, 1.82) is 0 Å². The molecule has 0 fully saturated rings. The Bertz CT molecular complexity index is 1160. The Balaban J connectivity index is 1.39. The first-order valence-electron chi connectivity index (χ1n) is 9.32. The molecule has 0 saturated carbocycles. The number of thioether (sulfide) groups is 1. The molecule has 0 atom stereocenters. The molecule has 0 aliphatic rings. The van der Waals surface area contributed by atoms with Gasteiger partial charge in [0.1, 0.15) is 10.8 Å². The van der Waals surface area contributed by atoms with Gasteiger partial charge in [-0.15, -0.1) is 21.5 Å². The number of nitrogens with zero attached hydrogens (tertiary/aromatic N) is 4. The van der Waals surface area contributed by atoms with Crippen LogP contribution in [0.4, 0.5) is 5.69 Å². The molecule has 29 heavy (non-hydrogen) atoms. The Kier molecular flexibility index (Phi) is 5.64. The molecule has 1 N–H and O–H groups in total. The zero-order chi connectivity index (χ0) is 20.4. The SMILES string of the molecule is CCc1nnc(SCC(=O)Nc2ccc(-c3nc4ccc(C)cc4s3)cc2)n1C. The minimum Gasteiger partial charge on any atom is -0.325 e. The molecule has 2 heterocycles. The third-order valence-corrected chi connectivity index (χ3v) is 6.62. The van der Waals surface area contributed by atoms with Crippen molar-refractivity contribution in [2.75, 3.05) is 11.1 Å². The first kappa shape index (κ1) is 19.6. The number of hydrogen-bond acceptors (Lipinski definition) is 6. The highest BCUT2D eigenvalue weighted by Crippen LogP contribution is 2.31. The summed E-state index contributed by atoms with van der Waals surface area (Å²) < 4.78 is 3.11. The van der Waals surface area contributed by atoms with E-state index in [0.717, 1.165) is 39.2 Å². The predicted octanol–water partition coefficient (Wildman–Crippen LogP) is 4.69. The van der Waals surface area contributed by atoms with Crippen molar-refractivity contribution < 1.29 is 4.79 Å². The van der Waals surface area contributed by atoms with Crippen molar-refractivity contribution in [1.82, 2.24) is 19.7 Å². The largest absolute Gasteiger partial charge is 0.325 e. The van der Waals surface area contributed by atoms with Crippen LogP contribution in [-0.2, 0) is 18.3 Å². The normalized spacial score (nSPS) is 11.1. The van der Waals surface area contributed by atoms with Gasteiger partial charge in [-0.2, -0.15) is 0 Å². The lowest BCUT2D eigenvalue weighted by molar-refractivity contribution is -0.113. The Morgan fingerprint density at radius 2 is 1.97 bits per heavy atom. The zero-order valence-electron chi connectivity index (χ0n) is 16.5. The van der Waals surface area contributed by atoms with Gasteiger partial charge in [-0.25, -0.2) is 4.98 Å². The van der Waals surface area contributed by atoms with Crippen molar-refractivity contribution in [3.8, 4) is 10.6 Å². The van der Waals surface area contributed by atoms with Crippen LogP contribution in [0, 0.1) is 6.92 Å². The summed E-state index contributed by atoms with van der Waals surface area (Å²) in [6.07, 6.45) is 0.816. The molecule has 4 aromatic rings. The number of nitrogens with one attached hydrogen (secondary N) is 1. The Morgan fingerprint density at radius 1 is 1.17 bits per heavy atom. The van der Waals surface area contributed by atoms with Gasteiger partial charge in [0.2, 0.25) is 5.91 Å². The molecule has 6 nitrogen and oxygen atoms in total. The van der Waals surface area contributed by atoms with Crippen LogP contribution in [0.15, 0.2) is 47.6 Å². The lowest BCUT2D eigenvalue weighted by Crippen LogP contribution is -2.14.